The Labute approximate surface area is 173 Å². The van der Waals surface area contributed by atoms with Crippen LogP contribution in [0.3, 0.4) is 0 Å². The molecule has 1 aromatic carbocycles. The summed E-state index contributed by atoms with van der Waals surface area (Å²) in [4.78, 5) is 29.1. The monoisotopic (exact) mass is 406 g/mol. The van der Waals surface area contributed by atoms with E-state index in [9.17, 15) is 14.7 Å². The predicted molar refractivity (Wildman–Crippen MR) is 113 cm³/mol. The van der Waals surface area contributed by atoms with Gasteiger partial charge in [0.05, 0.1) is 18.2 Å². The van der Waals surface area contributed by atoms with Gasteiger partial charge in [0.2, 0.25) is 0 Å². The summed E-state index contributed by atoms with van der Waals surface area (Å²) >= 11 is 0. The van der Waals surface area contributed by atoms with Crippen molar-refractivity contribution in [2.75, 3.05) is 39.1 Å². The number of hydrogen-bond acceptors (Lipinski definition) is 5. The van der Waals surface area contributed by atoms with Crippen molar-refractivity contribution < 1.29 is 19.4 Å². The Morgan fingerprint density at radius 2 is 2.03 bits per heavy atom. The molecule has 8 heteroatoms. The number of hydrogen-bond donors (Lipinski definition) is 3. The van der Waals surface area contributed by atoms with Crippen LogP contribution in [-0.4, -0.2) is 78.8 Å². The molecule has 1 heterocycles. The number of nitrogens with one attached hydrogen (secondary N) is 2. The van der Waals surface area contributed by atoms with Crippen LogP contribution < -0.4 is 15.4 Å². The topological polar surface area (TPSA) is 94.1 Å². The minimum Gasteiger partial charge on any atom is -0.488 e. The number of urea groups is 1. The Bertz CT molecular complexity index is 723. The van der Waals surface area contributed by atoms with Crippen LogP contribution in [0.5, 0.6) is 5.75 Å². The third-order valence-electron chi connectivity index (χ3n) is 4.89. The molecule has 0 spiro atoms. The zero-order chi connectivity index (χ0) is 21.7. The van der Waals surface area contributed by atoms with Crippen molar-refractivity contribution in [3.8, 4) is 5.75 Å². The molecule has 1 aliphatic heterocycles. The van der Waals surface area contributed by atoms with Gasteiger partial charge >= 0.3 is 6.03 Å². The van der Waals surface area contributed by atoms with Gasteiger partial charge in [0.25, 0.3) is 5.91 Å². The van der Waals surface area contributed by atoms with Crippen molar-refractivity contribution in [1.29, 1.82) is 0 Å². The highest BCUT2D eigenvalue weighted by Gasteiger charge is 2.33. The number of aliphatic hydroxyl groups is 1. The van der Waals surface area contributed by atoms with Gasteiger partial charge in [-0.3, -0.25) is 4.79 Å². The maximum Gasteiger partial charge on any atom is 0.319 e. The third-order valence-corrected chi connectivity index (χ3v) is 4.89. The van der Waals surface area contributed by atoms with Gasteiger partial charge in [-0.15, -0.1) is 0 Å². The largest absolute Gasteiger partial charge is 0.488 e. The summed E-state index contributed by atoms with van der Waals surface area (Å²) in [6, 6.07) is 4.43. The zero-order valence-corrected chi connectivity index (χ0v) is 18.2. The summed E-state index contributed by atoms with van der Waals surface area (Å²) in [5, 5.41) is 15.2. The van der Waals surface area contributed by atoms with Crippen LogP contribution >= 0.6 is 0 Å². The fraction of sp³-hybridized carbons (Fsp3) is 0.619. The van der Waals surface area contributed by atoms with E-state index in [-0.39, 0.29) is 42.7 Å². The quantitative estimate of drug-likeness (QED) is 0.672. The Balaban J connectivity index is 2.41. The van der Waals surface area contributed by atoms with E-state index in [1.54, 1.807) is 23.1 Å². The van der Waals surface area contributed by atoms with Crippen molar-refractivity contribution in [3.05, 3.63) is 23.8 Å². The number of anilines is 1. The number of likely N-dealkylation sites (N-methyl/N-ethyl adjacent to an activating group) is 1. The van der Waals surface area contributed by atoms with Crippen molar-refractivity contribution in [3.63, 3.8) is 0 Å². The van der Waals surface area contributed by atoms with Crippen LogP contribution in [0.15, 0.2) is 18.2 Å². The number of rotatable bonds is 6. The molecule has 3 amide bonds. The lowest BCUT2D eigenvalue weighted by Crippen LogP contribution is -2.49. The SMILES string of the molecule is CC(C)NC(=O)Nc1ccc2c(c1)C(=O)N([C@@H](C)CO)C[C@@H](C)[C@@H](CN(C)C)O2. The Kier molecular flexibility index (Phi) is 7.87. The number of amides is 3. The average molecular weight is 407 g/mol. The number of nitrogens with zero attached hydrogens (tertiary/aromatic N) is 2. The molecule has 29 heavy (non-hydrogen) atoms. The standard InChI is InChI=1S/C21H34N4O4/c1-13(2)22-21(28)23-16-7-8-18-17(9-16)20(27)25(15(4)12-26)10-14(3)19(29-18)11-24(5)6/h7-9,13-15,19,26H,10-12H2,1-6H3,(H2,22,23,28)/t14-,15+,19-/m1/s1. The van der Waals surface area contributed by atoms with Crippen molar-refractivity contribution in [2.24, 2.45) is 5.92 Å². The molecule has 0 radical (unpaired) electrons. The zero-order valence-electron chi connectivity index (χ0n) is 18.2. The molecule has 2 rings (SSSR count). The van der Waals surface area contributed by atoms with Crippen LogP contribution in [0.4, 0.5) is 10.5 Å². The minimum atomic E-state index is -0.334. The summed E-state index contributed by atoms with van der Waals surface area (Å²) in [7, 11) is 3.96. The Morgan fingerprint density at radius 3 is 2.62 bits per heavy atom. The van der Waals surface area contributed by atoms with Crippen LogP contribution in [0.1, 0.15) is 38.1 Å². The molecule has 0 unspecified atom stereocenters. The van der Waals surface area contributed by atoms with Gasteiger partial charge in [0.1, 0.15) is 11.9 Å². The first kappa shape index (κ1) is 23.0. The number of aliphatic hydroxyl groups excluding tert-OH is 1. The molecule has 3 atom stereocenters. The van der Waals surface area contributed by atoms with Crippen molar-refractivity contribution in [2.45, 2.75) is 45.9 Å². The van der Waals surface area contributed by atoms with Gasteiger partial charge in [-0.1, -0.05) is 6.92 Å². The van der Waals surface area contributed by atoms with Crippen LogP contribution in [0.2, 0.25) is 0 Å². The molecule has 0 fully saturated rings. The van der Waals surface area contributed by atoms with Gasteiger partial charge in [-0.05, 0) is 53.1 Å². The maximum atomic E-state index is 13.3. The van der Waals surface area contributed by atoms with Crippen LogP contribution in [0.25, 0.3) is 0 Å². The highest BCUT2D eigenvalue weighted by Crippen LogP contribution is 2.30. The van der Waals surface area contributed by atoms with E-state index in [2.05, 4.69) is 22.5 Å². The van der Waals surface area contributed by atoms with E-state index in [0.717, 1.165) is 0 Å². The number of carbonyl (C=O) groups is 2. The molecular weight excluding hydrogens is 372 g/mol. The van der Waals surface area contributed by atoms with E-state index in [4.69, 9.17) is 4.74 Å². The van der Waals surface area contributed by atoms with E-state index < -0.39 is 0 Å². The summed E-state index contributed by atoms with van der Waals surface area (Å²) in [6.45, 7) is 8.68. The number of carbonyl (C=O) groups excluding carboxylic acids is 2. The average Bonchev–Trinajstić information content (AvgIpc) is 2.63. The highest BCUT2D eigenvalue weighted by atomic mass is 16.5. The van der Waals surface area contributed by atoms with Gasteiger partial charge in [0.15, 0.2) is 0 Å². The molecule has 0 bridgehead atoms. The summed E-state index contributed by atoms with van der Waals surface area (Å²) in [5.74, 6) is 0.348. The molecule has 3 N–H and O–H groups in total. The fourth-order valence-corrected chi connectivity index (χ4v) is 3.31. The first-order valence-electron chi connectivity index (χ1n) is 10.1. The molecule has 0 aliphatic carbocycles. The summed E-state index contributed by atoms with van der Waals surface area (Å²) in [5.41, 5.74) is 0.886. The van der Waals surface area contributed by atoms with Crippen LogP contribution in [0, 0.1) is 5.92 Å². The van der Waals surface area contributed by atoms with Gasteiger partial charge in [0, 0.05) is 30.7 Å². The molecule has 0 aromatic heterocycles. The lowest BCUT2D eigenvalue weighted by molar-refractivity contribution is 0.0363. The molecule has 8 nitrogen and oxygen atoms in total. The molecule has 1 aromatic rings. The lowest BCUT2D eigenvalue weighted by Gasteiger charge is -2.37. The van der Waals surface area contributed by atoms with Crippen LogP contribution in [-0.2, 0) is 0 Å². The third kappa shape index (κ3) is 6.08. The Hall–Kier alpha value is -2.32. The molecule has 162 valence electrons. The molecule has 0 saturated heterocycles. The van der Waals surface area contributed by atoms with Gasteiger partial charge in [-0.25, -0.2) is 4.79 Å². The highest BCUT2D eigenvalue weighted by molar-refractivity contribution is 5.99. The van der Waals surface area contributed by atoms with E-state index in [1.807, 2.05) is 34.9 Å². The van der Waals surface area contributed by atoms with Crippen molar-refractivity contribution >= 4 is 17.6 Å². The van der Waals surface area contributed by atoms with E-state index in [0.29, 0.717) is 30.1 Å². The smallest absolute Gasteiger partial charge is 0.319 e. The second-order valence-electron chi connectivity index (χ2n) is 8.35. The fourth-order valence-electron chi connectivity index (χ4n) is 3.31. The molecular formula is C21H34N4O4. The van der Waals surface area contributed by atoms with E-state index in [1.165, 1.54) is 0 Å². The predicted octanol–water partition coefficient (Wildman–Crippen LogP) is 2.00. The first-order valence-corrected chi connectivity index (χ1v) is 10.1. The van der Waals surface area contributed by atoms with Crippen molar-refractivity contribution in [1.82, 2.24) is 15.1 Å². The van der Waals surface area contributed by atoms with Gasteiger partial charge in [-0.2, -0.15) is 0 Å². The van der Waals surface area contributed by atoms with Gasteiger partial charge < -0.3 is 30.3 Å². The first-order chi connectivity index (χ1) is 13.6. The molecule has 0 saturated carbocycles. The summed E-state index contributed by atoms with van der Waals surface area (Å²) < 4.78 is 6.24. The maximum absolute atomic E-state index is 13.3. The second kappa shape index (κ2) is 9.93. The van der Waals surface area contributed by atoms with E-state index >= 15 is 0 Å². The minimum absolute atomic E-state index is 0.00141. The molecule has 1 aliphatic rings. The summed E-state index contributed by atoms with van der Waals surface area (Å²) in [6.07, 6.45) is -0.117. The number of fused-ring (bicyclic) bond motifs is 1. The second-order valence-corrected chi connectivity index (χ2v) is 8.35. The normalized spacial score (nSPS) is 20.6. The lowest BCUT2D eigenvalue weighted by atomic mass is 9.99. The number of benzene rings is 1. The number of ether oxygens (including phenoxy) is 1. The Morgan fingerprint density at radius 1 is 1.34 bits per heavy atom.